The molecule has 0 saturated heterocycles. The van der Waals surface area contributed by atoms with Gasteiger partial charge in [0.2, 0.25) is 0 Å². The van der Waals surface area contributed by atoms with Crippen molar-refractivity contribution in [3.05, 3.63) is 204 Å². The fraction of sp³-hybridized carbons (Fsp3) is 0.0588. The van der Waals surface area contributed by atoms with Gasteiger partial charge in [0.25, 0.3) is 0 Å². The molecule has 0 atom stereocenters. The molecule has 0 bridgehead atoms. The molecular formula is C51H36N2Si. The highest BCUT2D eigenvalue weighted by atomic mass is 28.3. The lowest BCUT2D eigenvalue weighted by atomic mass is 9.67. The van der Waals surface area contributed by atoms with Gasteiger partial charge in [0, 0.05) is 32.9 Å². The van der Waals surface area contributed by atoms with Crippen molar-refractivity contribution in [1.82, 2.24) is 9.13 Å². The van der Waals surface area contributed by atoms with Gasteiger partial charge in [-0.25, -0.2) is 0 Å². The Bertz CT molecular complexity index is 3110. The van der Waals surface area contributed by atoms with Crippen LogP contribution in [0.3, 0.4) is 0 Å². The van der Waals surface area contributed by atoms with Crippen molar-refractivity contribution in [2.24, 2.45) is 0 Å². The molecule has 8 aromatic carbocycles. The van der Waals surface area contributed by atoms with Crippen LogP contribution in [0.15, 0.2) is 182 Å². The molecule has 3 heterocycles. The predicted molar refractivity (Wildman–Crippen MR) is 229 cm³/mol. The molecule has 0 amide bonds. The molecule has 2 nitrogen and oxygen atoms in total. The third-order valence-electron chi connectivity index (χ3n) is 12.8. The molecule has 2 aromatic heterocycles. The number of benzene rings is 8. The van der Waals surface area contributed by atoms with E-state index in [2.05, 4.69) is 204 Å². The fourth-order valence-corrected chi connectivity index (χ4v) is 13.7. The van der Waals surface area contributed by atoms with Crippen LogP contribution in [0.5, 0.6) is 0 Å². The molecule has 1 aliphatic heterocycles. The second-order valence-corrected chi connectivity index (χ2v) is 20.0. The quantitative estimate of drug-likeness (QED) is 0.159. The molecule has 2 aliphatic rings. The minimum absolute atomic E-state index is 0.403. The SMILES string of the molecule is C[Si]1(C)c2ccccc2C2(c3ccccc3-c3ccccc32)c2cc(-n3c4ccccc4c4cc(-n5c6ccccc6c6ccccc65)ccc43)ccc21. The van der Waals surface area contributed by atoms with E-state index in [0.29, 0.717) is 0 Å². The van der Waals surface area contributed by atoms with E-state index in [1.165, 1.54) is 98.7 Å². The average molecular weight is 705 g/mol. The summed E-state index contributed by atoms with van der Waals surface area (Å²) in [6.07, 6.45) is 0. The van der Waals surface area contributed by atoms with E-state index in [0.717, 1.165) is 0 Å². The van der Waals surface area contributed by atoms with E-state index < -0.39 is 13.5 Å². The van der Waals surface area contributed by atoms with Crippen LogP contribution < -0.4 is 10.4 Å². The number of para-hydroxylation sites is 3. The molecule has 0 fully saturated rings. The van der Waals surface area contributed by atoms with E-state index >= 15 is 0 Å². The van der Waals surface area contributed by atoms with E-state index in [1.807, 2.05) is 0 Å². The number of aromatic nitrogens is 2. The summed E-state index contributed by atoms with van der Waals surface area (Å²) >= 11 is 0. The first-order valence-corrected chi connectivity index (χ1v) is 22.0. The first-order chi connectivity index (χ1) is 26.6. The summed E-state index contributed by atoms with van der Waals surface area (Å²) in [5.41, 5.74) is 15.2. The zero-order chi connectivity index (χ0) is 35.8. The summed E-state index contributed by atoms with van der Waals surface area (Å²) in [4.78, 5) is 0. The van der Waals surface area contributed by atoms with Gasteiger partial charge in [0.15, 0.2) is 0 Å². The minimum atomic E-state index is -2.08. The number of hydrogen-bond donors (Lipinski definition) is 0. The first kappa shape index (κ1) is 30.1. The smallest absolute Gasteiger partial charge is 0.113 e. The Balaban J connectivity index is 1.15. The Morgan fingerprint density at radius 1 is 0.352 bits per heavy atom. The minimum Gasteiger partial charge on any atom is -0.309 e. The van der Waals surface area contributed by atoms with Crippen molar-refractivity contribution in [1.29, 1.82) is 0 Å². The van der Waals surface area contributed by atoms with E-state index in [9.17, 15) is 0 Å². The highest BCUT2D eigenvalue weighted by Gasteiger charge is 2.53. The Morgan fingerprint density at radius 2 is 0.778 bits per heavy atom. The summed E-state index contributed by atoms with van der Waals surface area (Å²) in [5, 5.41) is 8.13. The molecule has 254 valence electrons. The highest BCUT2D eigenvalue weighted by Crippen LogP contribution is 2.57. The summed E-state index contributed by atoms with van der Waals surface area (Å²) in [6, 6.07) is 68.7. The van der Waals surface area contributed by atoms with E-state index in [-0.39, 0.29) is 0 Å². The number of fused-ring (bicyclic) bond motifs is 15. The second kappa shape index (κ2) is 10.6. The third kappa shape index (κ3) is 3.65. The standard InChI is InChI=1S/C51H36N2Si/c1-54(2)49-26-14-10-22-43(49)51(41-20-8-3-15-35(41)36-16-4-9-21-42(36)51)44-32-34(28-30-50(44)54)53-47-25-13-7-19-39(47)40-31-33(27-29-48(40)53)52-45-23-11-5-17-37(45)38-18-6-12-24-46(38)52/h3-32H,1-2H3. The largest absolute Gasteiger partial charge is 0.309 e. The lowest BCUT2D eigenvalue weighted by Gasteiger charge is -2.46. The summed E-state index contributed by atoms with van der Waals surface area (Å²) in [6.45, 7) is 5.08. The number of rotatable bonds is 2. The normalized spacial score (nSPS) is 14.8. The zero-order valence-electron chi connectivity index (χ0n) is 30.2. The van der Waals surface area contributed by atoms with Crippen molar-refractivity contribution in [2.75, 3.05) is 0 Å². The van der Waals surface area contributed by atoms with Gasteiger partial charge in [0.1, 0.15) is 8.07 Å². The maximum Gasteiger partial charge on any atom is 0.113 e. The van der Waals surface area contributed by atoms with Gasteiger partial charge < -0.3 is 9.13 Å². The molecule has 10 aromatic rings. The van der Waals surface area contributed by atoms with Gasteiger partial charge in [-0.2, -0.15) is 0 Å². The van der Waals surface area contributed by atoms with Crippen molar-refractivity contribution >= 4 is 62.1 Å². The molecule has 0 N–H and O–H groups in total. The van der Waals surface area contributed by atoms with Crippen molar-refractivity contribution < 1.29 is 0 Å². The maximum absolute atomic E-state index is 2.56. The van der Waals surface area contributed by atoms with E-state index in [4.69, 9.17) is 0 Å². The lowest BCUT2D eigenvalue weighted by molar-refractivity contribution is 0.772. The molecule has 12 rings (SSSR count). The first-order valence-electron chi connectivity index (χ1n) is 19.0. The number of hydrogen-bond acceptors (Lipinski definition) is 0. The fourth-order valence-electron chi connectivity index (χ4n) is 10.6. The van der Waals surface area contributed by atoms with Gasteiger partial charge in [-0.05, 0) is 92.3 Å². The topological polar surface area (TPSA) is 9.86 Å². The van der Waals surface area contributed by atoms with Crippen LogP contribution in [0, 0.1) is 0 Å². The summed E-state index contributed by atoms with van der Waals surface area (Å²) in [7, 11) is -2.08. The monoisotopic (exact) mass is 704 g/mol. The highest BCUT2D eigenvalue weighted by molar-refractivity contribution is 7.01. The molecule has 3 heteroatoms. The molecule has 0 saturated carbocycles. The molecule has 1 aliphatic carbocycles. The molecule has 0 radical (unpaired) electrons. The van der Waals surface area contributed by atoms with Crippen molar-refractivity contribution in [2.45, 2.75) is 18.5 Å². The van der Waals surface area contributed by atoms with Crippen LogP contribution in [-0.2, 0) is 5.41 Å². The van der Waals surface area contributed by atoms with Crippen LogP contribution in [0.1, 0.15) is 22.3 Å². The van der Waals surface area contributed by atoms with Gasteiger partial charge in [-0.3, -0.25) is 0 Å². The van der Waals surface area contributed by atoms with Crippen molar-refractivity contribution in [3.63, 3.8) is 0 Å². The molecule has 1 spiro atoms. The number of nitrogens with zero attached hydrogens (tertiary/aromatic N) is 2. The Hall–Kier alpha value is -6.42. The van der Waals surface area contributed by atoms with Gasteiger partial charge >= 0.3 is 0 Å². The van der Waals surface area contributed by atoms with Crippen LogP contribution in [0.25, 0.3) is 66.1 Å². The van der Waals surface area contributed by atoms with Gasteiger partial charge in [-0.1, -0.05) is 147 Å². The Kier molecular flexibility index (Phi) is 5.90. The van der Waals surface area contributed by atoms with Crippen LogP contribution in [0.2, 0.25) is 13.1 Å². The van der Waals surface area contributed by atoms with Crippen LogP contribution in [-0.4, -0.2) is 17.2 Å². The van der Waals surface area contributed by atoms with Crippen LogP contribution in [0.4, 0.5) is 0 Å². The molecular weight excluding hydrogens is 669 g/mol. The Labute approximate surface area is 315 Å². The third-order valence-corrected chi connectivity index (χ3v) is 16.4. The van der Waals surface area contributed by atoms with Gasteiger partial charge in [0.05, 0.1) is 27.5 Å². The Morgan fingerprint density at radius 3 is 1.39 bits per heavy atom. The molecule has 54 heavy (non-hydrogen) atoms. The van der Waals surface area contributed by atoms with Crippen LogP contribution >= 0.6 is 0 Å². The zero-order valence-corrected chi connectivity index (χ0v) is 31.2. The van der Waals surface area contributed by atoms with Gasteiger partial charge in [-0.15, -0.1) is 0 Å². The lowest BCUT2D eigenvalue weighted by Crippen LogP contribution is -2.63. The second-order valence-electron chi connectivity index (χ2n) is 15.7. The van der Waals surface area contributed by atoms with Crippen molar-refractivity contribution in [3.8, 4) is 22.5 Å². The average Bonchev–Trinajstić information content (AvgIpc) is 3.84. The summed E-state index contributed by atoms with van der Waals surface area (Å²) < 4.78 is 4.94. The maximum atomic E-state index is 2.56. The van der Waals surface area contributed by atoms with E-state index in [1.54, 1.807) is 0 Å². The predicted octanol–water partition coefficient (Wildman–Crippen LogP) is 11.4. The molecule has 0 unspecified atom stereocenters. The summed E-state index contributed by atoms with van der Waals surface area (Å²) in [5.74, 6) is 0.